The molecule has 15 heavy (non-hydrogen) atoms. The lowest BCUT2D eigenvalue weighted by atomic mass is 10.1. The van der Waals surface area contributed by atoms with Gasteiger partial charge in [0.1, 0.15) is 0 Å². The molecule has 0 atom stereocenters. The standard InChI is InChI=1S/C11H20N2S2/c1-2-3-4-5-6-7-8-14-10-9-13-11(12)15-10/h9H,2-8H2,1H3,(H2,12,13). The smallest absolute Gasteiger partial charge is 0.181 e. The zero-order valence-electron chi connectivity index (χ0n) is 9.37. The van der Waals surface area contributed by atoms with Crippen LogP contribution >= 0.6 is 23.1 Å². The number of thioether (sulfide) groups is 1. The second-order valence-electron chi connectivity index (χ2n) is 3.63. The molecule has 0 aliphatic carbocycles. The molecule has 0 aromatic carbocycles. The first-order valence-electron chi connectivity index (χ1n) is 5.67. The van der Waals surface area contributed by atoms with Gasteiger partial charge in [0, 0.05) is 0 Å². The van der Waals surface area contributed by atoms with Crippen LogP contribution < -0.4 is 5.73 Å². The van der Waals surface area contributed by atoms with Gasteiger partial charge in [0.05, 0.1) is 10.4 Å². The van der Waals surface area contributed by atoms with E-state index in [0.29, 0.717) is 5.13 Å². The molecule has 1 heterocycles. The zero-order valence-corrected chi connectivity index (χ0v) is 11.0. The summed E-state index contributed by atoms with van der Waals surface area (Å²) in [5.41, 5.74) is 5.56. The molecule has 0 fully saturated rings. The van der Waals surface area contributed by atoms with Crippen molar-refractivity contribution in [3.8, 4) is 0 Å². The van der Waals surface area contributed by atoms with Crippen LogP contribution in [0.4, 0.5) is 5.13 Å². The van der Waals surface area contributed by atoms with E-state index in [1.54, 1.807) is 11.3 Å². The summed E-state index contributed by atoms with van der Waals surface area (Å²) in [5.74, 6) is 1.20. The monoisotopic (exact) mass is 244 g/mol. The number of hydrogen-bond acceptors (Lipinski definition) is 4. The Labute approximate surface area is 101 Å². The van der Waals surface area contributed by atoms with Crippen molar-refractivity contribution < 1.29 is 0 Å². The van der Waals surface area contributed by atoms with E-state index in [1.165, 1.54) is 48.5 Å². The fourth-order valence-corrected chi connectivity index (χ4v) is 3.23. The van der Waals surface area contributed by atoms with Gasteiger partial charge in [-0.1, -0.05) is 50.4 Å². The van der Waals surface area contributed by atoms with E-state index in [0.717, 1.165) is 0 Å². The normalized spacial score (nSPS) is 10.7. The topological polar surface area (TPSA) is 38.9 Å². The summed E-state index contributed by atoms with van der Waals surface area (Å²) >= 11 is 3.47. The molecule has 0 unspecified atom stereocenters. The van der Waals surface area contributed by atoms with Gasteiger partial charge in [0.15, 0.2) is 5.13 Å². The third-order valence-electron chi connectivity index (χ3n) is 2.24. The van der Waals surface area contributed by atoms with Crippen LogP contribution in [-0.4, -0.2) is 10.7 Å². The summed E-state index contributed by atoms with van der Waals surface area (Å²) in [6.45, 7) is 2.25. The van der Waals surface area contributed by atoms with Gasteiger partial charge in [0.2, 0.25) is 0 Å². The first-order chi connectivity index (χ1) is 7.33. The second-order valence-corrected chi connectivity index (χ2v) is 6.09. The highest BCUT2D eigenvalue weighted by Crippen LogP contribution is 2.27. The van der Waals surface area contributed by atoms with Crippen LogP contribution in [0.3, 0.4) is 0 Å². The molecule has 1 aromatic rings. The maximum Gasteiger partial charge on any atom is 0.181 e. The Kier molecular flexibility index (Phi) is 6.85. The van der Waals surface area contributed by atoms with Crippen LogP contribution in [0.25, 0.3) is 0 Å². The number of hydrogen-bond donors (Lipinski definition) is 1. The molecule has 86 valence electrons. The highest BCUT2D eigenvalue weighted by molar-refractivity contribution is 8.01. The number of unbranched alkanes of at least 4 members (excludes halogenated alkanes) is 5. The van der Waals surface area contributed by atoms with Gasteiger partial charge < -0.3 is 5.73 Å². The van der Waals surface area contributed by atoms with Crippen molar-refractivity contribution >= 4 is 28.2 Å². The number of thiazole rings is 1. The number of anilines is 1. The minimum atomic E-state index is 0.681. The minimum Gasteiger partial charge on any atom is -0.375 e. The van der Waals surface area contributed by atoms with E-state index in [1.807, 2.05) is 18.0 Å². The van der Waals surface area contributed by atoms with Gasteiger partial charge in [-0.15, -0.1) is 11.8 Å². The van der Waals surface area contributed by atoms with E-state index >= 15 is 0 Å². The van der Waals surface area contributed by atoms with E-state index in [4.69, 9.17) is 5.73 Å². The predicted octanol–water partition coefficient (Wildman–Crippen LogP) is 4.18. The molecule has 0 bridgehead atoms. The first kappa shape index (κ1) is 12.8. The molecule has 4 heteroatoms. The average molecular weight is 244 g/mol. The fraction of sp³-hybridized carbons (Fsp3) is 0.727. The highest BCUT2D eigenvalue weighted by Gasteiger charge is 1.98. The van der Waals surface area contributed by atoms with Crippen LogP contribution in [-0.2, 0) is 0 Å². The van der Waals surface area contributed by atoms with Gasteiger partial charge in [-0.3, -0.25) is 0 Å². The van der Waals surface area contributed by atoms with Gasteiger partial charge in [0.25, 0.3) is 0 Å². The summed E-state index contributed by atoms with van der Waals surface area (Å²) in [5, 5.41) is 0.681. The number of nitrogens with zero attached hydrogens (tertiary/aromatic N) is 1. The van der Waals surface area contributed by atoms with Crippen molar-refractivity contribution in [3.63, 3.8) is 0 Å². The van der Waals surface area contributed by atoms with Crippen LogP contribution in [0.2, 0.25) is 0 Å². The van der Waals surface area contributed by atoms with Crippen molar-refractivity contribution in [2.24, 2.45) is 0 Å². The molecule has 0 saturated heterocycles. The van der Waals surface area contributed by atoms with Gasteiger partial charge >= 0.3 is 0 Å². The van der Waals surface area contributed by atoms with Crippen molar-refractivity contribution in [2.75, 3.05) is 11.5 Å². The van der Waals surface area contributed by atoms with Crippen LogP contribution in [0.5, 0.6) is 0 Å². The highest BCUT2D eigenvalue weighted by atomic mass is 32.2. The summed E-state index contributed by atoms with van der Waals surface area (Å²) < 4.78 is 1.25. The Balaban J connectivity index is 1.93. The second kappa shape index (κ2) is 7.99. The lowest BCUT2D eigenvalue weighted by Gasteiger charge is -1.99. The summed E-state index contributed by atoms with van der Waals surface area (Å²) in [7, 11) is 0. The molecule has 0 spiro atoms. The largest absolute Gasteiger partial charge is 0.375 e. The fourth-order valence-electron chi connectivity index (χ4n) is 1.39. The maximum atomic E-state index is 5.56. The Bertz CT molecular complexity index is 261. The Morgan fingerprint density at radius 3 is 2.67 bits per heavy atom. The third-order valence-corrected chi connectivity index (χ3v) is 4.35. The van der Waals surface area contributed by atoms with Gasteiger partial charge in [-0.05, 0) is 12.2 Å². The molecule has 2 nitrogen and oxygen atoms in total. The van der Waals surface area contributed by atoms with E-state index in [9.17, 15) is 0 Å². The number of nitrogen functional groups attached to an aromatic ring is 1. The molecular weight excluding hydrogens is 224 g/mol. The molecule has 0 saturated carbocycles. The predicted molar refractivity (Wildman–Crippen MR) is 70.6 cm³/mol. The van der Waals surface area contributed by atoms with Crippen molar-refractivity contribution in [3.05, 3.63) is 6.20 Å². The number of nitrogens with two attached hydrogens (primary N) is 1. The Hall–Kier alpha value is -0.220. The lowest BCUT2D eigenvalue weighted by molar-refractivity contribution is 0.627. The van der Waals surface area contributed by atoms with Crippen molar-refractivity contribution in [1.29, 1.82) is 0 Å². The molecule has 1 aromatic heterocycles. The molecule has 1 rings (SSSR count). The molecule has 0 amide bonds. The minimum absolute atomic E-state index is 0.681. The number of aromatic nitrogens is 1. The van der Waals surface area contributed by atoms with Gasteiger partial charge in [-0.25, -0.2) is 4.98 Å². The van der Waals surface area contributed by atoms with Crippen LogP contribution in [0.15, 0.2) is 10.4 Å². The van der Waals surface area contributed by atoms with Gasteiger partial charge in [-0.2, -0.15) is 0 Å². The van der Waals surface area contributed by atoms with E-state index in [-0.39, 0.29) is 0 Å². The summed E-state index contributed by atoms with van der Waals surface area (Å²) in [4.78, 5) is 4.03. The third kappa shape index (κ3) is 6.05. The van der Waals surface area contributed by atoms with E-state index < -0.39 is 0 Å². The first-order valence-corrected chi connectivity index (χ1v) is 7.47. The Morgan fingerprint density at radius 2 is 2.00 bits per heavy atom. The van der Waals surface area contributed by atoms with Crippen molar-refractivity contribution in [2.45, 2.75) is 49.7 Å². The molecular formula is C11H20N2S2. The lowest BCUT2D eigenvalue weighted by Crippen LogP contribution is -1.81. The van der Waals surface area contributed by atoms with Crippen molar-refractivity contribution in [1.82, 2.24) is 4.98 Å². The SMILES string of the molecule is CCCCCCCCSc1cnc(N)s1. The van der Waals surface area contributed by atoms with Crippen LogP contribution in [0.1, 0.15) is 45.4 Å². The average Bonchev–Trinajstić information content (AvgIpc) is 2.63. The van der Waals surface area contributed by atoms with E-state index in [2.05, 4.69) is 11.9 Å². The number of rotatable bonds is 8. The molecule has 0 aliphatic heterocycles. The Morgan fingerprint density at radius 1 is 1.27 bits per heavy atom. The molecule has 0 aliphatic rings. The molecule has 0 radical (unpaired) electrons. The maximum absolute atomic E-state index is 5.56. The summed E-state index contributed by atoms with van der Waals surface area (Å²) in [6.07, 6.45) is 10.1. The zero-order chi connectivity index (χ0) is 10.9. The van der Waals surface area contributed by atoms with Crippen LogP contribution in [0, 0.1) is 0 Å². The quantitative estimate of drug-likeness (QED) is 0.551. The summed E-state index contributed by atoms with van der Waals surface area (Å²) in [6, 6.07) is 0. The molecule has 2 N–H and O–H groups in total.